The molecule has 0 saturated heterocycles. The van der Waals surface area contributed by atoms with Crippen LogP contribution in [0.3, 0.4) is 0 Å². The zero-order valence-electron chi connectivity index (χ0n) is 61.8. The molecular weight excluding hydrogens is 1250 g/mol. The maximum atomic E-state index is 13.1. The lowest BCUT2D eigenvalue weighted by Gasteiger charge is -2.21. The zero-order valence-corrected chi connectivity index (χ0v) is 63.6. The number of phosphoric ester groups is 2. The molecule has 19 heteroatoms. The Bertz CT molecular complexity index is 1820. The smallest absolute Gasteiger partial charge is 0.462 e. The van der Waals surface area contributed by atoms with Crippen LogP contribution in [0.25, 0.3) is 0 Å². The minimum absolute atomic E-state index is 0.107. The number of aliphatic hydroxyl groups excluding tert-OH is 1. The van der Waals surface area contributed by atoms with Crippen LogP contribution in [0.4, 0.5) is 0 Å². The summed E-state index contributed by atoms with van der Waals surface area (Å²) < 4.78 is 68.5. The fourth-order valence-electron chi connectivity index (χ4n) is 11.7. The van der Waals surface area contributed by atoms with Crippen LogP contribution in [-0.4, -0.2) is 96.7 Å². The Kier molecular flexibility index (Phi) is 67.7. The van der Waals surface area contributed by atoms with Gasteiger partial charge in [0.2, 0.25) is 0 Å². The highest BCUT2D eigenvalue weighted by atomic mass is 31.2. The highest BCUT2D eigenvalue weighted by Crippen LogP contribution is 2.45. The molecule has 0 aliphatic rings. The molecule has 0 aliphatic carbocycles. The Morgan fingerprint density at radius 3 is 0.747 bits per heavy atom. The van der Waals surface area contributed by atoms with Gasteiger partial charge in [-0.25, -0.2) is 9.13 Å². The largest absolute Gasteiger partial charge is 0.472 e. The molecule has 0 amide bonds. The van der Waals surface area contributed by atoms with Crippen LogP contribution < -0.4 is 0 Å². The Hall–Kier alpha value is -1.94. The monoisotopic (exact) mass is 1400 g/mol. The first kappa shape index (κ1) is 93.1. The van der Waals surface area contributed by atoms with Crippen molar-refractivity contribution in [1.29, 1.82) is 0 Å². The SMILES string of the molecule is CCCCCCCCCCCCCCCCCCCCCCCC(=O)O[C@H](COC(=O)CCCCCCCCCCCCC(C)CC)COP(=O)(O)OC[C@@H](O)COP(=O)(O)OC[C@@H](COC(=O)CCCCCCCCCCC)OC(=O)CCCCCCCCCCCCC. The summed E-state index contributed by atoms with van der Waals surface area (Å²) in [6.45, 7) is 7.30. The lowest BCUT2D eigenvalue weighted by atomic mass is 9.99. The summed E-state index contributed by atoms with van der Waals surface area (Å²) in [5, 5.41) is 10.6. The average molecular weight is 1400 g/mol. The summed E-state index contributed by atoms with van der Waals surface area (Å²) in [5.74, 6) is -1.31. The number of rotatable bonds is 76. The van der Waals surface area contributed by atoms with Crippen LogP contribution in [-0.2, 0) is 65.4 Å². The van der Waals surface area contributed by atoms with E-state index in [9.17, 15) is 43.2 Å². The normalized spacial score (nSPS) is 14.2. The first-order chi connectivity index (χ1) is 46.1. The lowest BCUT2D eigenvalue weighted by Crippen LogP contribution is -2.30. The van der Waals surface area contributed by atoms with Gasteiger partial charge in [0, 0.05) is 25.7 Å². The van der Waals surface area contributed by atoms with Crippen LogP contribution in [0.1, 0.15) is 401 Å². The van der Waals surface area contributed by atoms with Crippen molar-refractivity contribution >= 4 is 39.5 Å². The molecule has 0 aliphatic heterocycles. The molecule has 0 spiro atoms. The molecule has 0 aromatic rings. The van der Waals surface area contributed by atoms with Crippen LogP contribution >= 0.6 is 15.6 Å². The van der Waals surface area contributed by atoms with Gasteiger partial charge in [-0.3, -0.25) is 37.3 Å². The molecule has 0 bridgehead atoms. The van der Waals surface area contributed by atoms with Gasteiger partial charge in [-0.05, 0) is 31.6 Å². The van der Waals surface area contributed by atoms with Crippen molar-refractivity contribution < 1.29 is 80.2 Å². The van der Waals surface area contributed by atoms with Crippen LogP contribution in [0, 0.1) is 5.92 Å². The van der Waals surface area contributed by atoms with Crippen LogP contribution in [0.2, 0.25) is 0 Å². The molecule has 564 valence electrons. The van der Waals surface area contributed by atoms with E-state index in [2.05, 4.69) is 34.6 Å². The molecule has 3 unspecified atom stereocenters. The van der Waals surface area contributed by atoms with E-state index >= 15 is 0 Å². The Morgan fingerprint density at radius 2 is 0.505 bits per heavy atom. The summed E-state index contributed by atoms with van der Waals surface area (Å²) >= 11 is 0. The van der Waals surface area contributed by atoms with Crippen molar-refractivity contribution in [2.24, 2.45) is 5.92 Å². The number of carbonyl (C=O) groups is 4. The first-order valence-corrected chi connectivity index (χ1v) is 42.7. The fourth-order valence-corrected chi connectivity index (χ4v) is 13.3. The van der Waals surface area contributed by atoms with E-state index in [1.807, 2.05) is 0 Å². The number of aliphatic hydroxyl groups is 1. The molecule has 0 rings (SSSR count). The van der Waals surface area contributed by atoms with Gasteiger partial charge in [-0.1, -0.05) is 349 Å². The predicted molar refractivity (Wildman–Crippen MR) is 386 cm³/mol. The van der Waals surface area contributed by atoms with Crippen molar-refractivity contribution in [2.45, 2.75) is 419 Å². The molecule has 3 N–H and O–H groups in total. The first-order valence-electron chi connectivity index (χ1n) is 39.7. The second-order valence-corrected chi connectivity index (χ2v) is 30.5. The third-order valence-electron chi connectivity index (χ3n) is 18.1. The number of hydrogen-bond donors (Lipinski definition) is 3. The Balaban J connectivity index is 5.19. The van der Waals surface area contributed by atoms with Gasteiger partial charge >= 0.3 is 39.5 Å². The van der Waals surface area contributed by atoms with Gasteiger partial charge in [0.25, 0.3) is 0 Å². The summed E-state index contributed by atoms with van der Waals surface area (Å²) in [4.78, 5) is 72.7. The molecule has 95 heavy (non-hydrogen) atoms. The third kappa shape index (κ3) is 69.0. The molecule has 17 nitrogen and oxygen atoms in total. The van der Waals surface area contributed by atoms with Gasteiger partial charge in [0.15, 0.2) is 12.2 Å². The number of phosphoric acid groups is 2. The van der Waals surface area contributed by atoms with E-state index in [4.69, 9.17) is 37.0 Å². The molecule has 0 saturated carbocycles. The summed E-state index contributed by atoms with van der Waals surface area (Å²) in [6, 6.07) is 0. The topological polar surface area (TPSA) is 237 Å². The van der Waals surface area contributed by atoms with Crippen molar-refractivity contribution in [3.05, 3.63) is 0 Å². The lowest BCUT2D eigenvalue weighted by molar-refractivity contribution is -0.161. The van der Waals surface area contributed by atoms with Crippen LogP contribution in [0.5, 0.6) is 0 Å². The maximum absolute atomic E-state index is 13.1. The summed E-state index contributed by atoms with van der Waals surface area (Å²) in [6.07, 6.45) is 58.3. The molecule has 0 fully saturated rings. The van der Waals surface area contributed by atoms with E-state index in [0.29, 0.717) is 25.7 Å². The second-order valence-electron chi connectivity index (χ2n) is 27.6. The van der Waals surface area contributed by atoms with E-state index in [0.717, 1.165) is 95.8 Å². The van der Waals surface area contributed by atoms with E-state index < -0.39 is 97.5 Å². The molecule has 6 atom stereocenters. The fraction of sp³-hybridized carbons (Fsp3) is 0.947. The average Bonchev–Trinajstić information content (AvgIpc) is 2.23. The summed E-state index contributed by atoms with van der Waals surface area (Å²) in [5.41, 5.74) is 0. The van der Waals surface area contributed by atoms with Gasteiger partial charge in [-0.2, -0.15) is 0 Å². The van der Waals surface area contributed by atoms with Crippen LogP contribution in [0.15, 0.2) is 0 Å². The summed E-state index contributed by atoms with van der Waals surface area (Å²) in [7, 11) is -9.91. The molecular formula is C76H148O17P2. The standard InChI is InChI=1S/C76H148O17P2/c1-6-10-13-16-19-22-24-25-26-27-28-29-30-31-32-33-35-42-47-52-57-62-76(81)93-72(66-87-74(79)60-55-50-45-40-37-36-39-43-48-53-58-69(5)9-4)68-91-95(84,85)89-64-70(77)63-88-94(82,83)90-67-71(65-86-73(78)59-54-49-44-38-21-18-15-12-8-3)92-75(80)61-56-51-46-41-34-23-20-17-14-11-7-2/h69-72,77H,6-68H2,1-5H3,(H,82,83)(H,84,85)/t69?,70-,71+,72+/m0/s1. The van der Waals surface area contributed by atoms with E-state index in [1.54, 1.807) is 0 Å². The van der Waals surface area contributed by atoms with Crippen molar-refractivity contribution in [2.75, 3.05) is 39.6 Å². The second kappa shape index (κ2) is 69.2. The highest BCUT2D eigenvalue weighted by molar-refractivity contribution is 7.47. The molecule has 0 aromatic carbocycles. The van der Waals surface area contributed by atoms with Gasteiger partial charge < -0.3 is 33.8 Å². The van der Waals surface area contributed by atoms with Gasteiger partial charge in [-0.15, -0.1) is 0 Å². The number of ether oxygens (including phenoxy) is 4. The maximum Gasteiger partial charge on any atom is 0.472 e. The number of unbranched alkanes of at least 4 members (excludes halogenated alkanes) is 47. The van der Waals surface area contributed by atoms with Gasteiger partial charge in [0.1, 0.15) is 19.3 Å². The zero-order chi connectivity index (χ0) is 69.8. The number of carbonyl (C=O) groups excluding carboxylic acids is 4. The number of hydrogen-bond acceptors (Lipinski definition) is 15. The number of esters is 4. The Labute approximate surface area is 581 Å². The van der Waals surface area contributed by atoms with Crippen molar-refractivity contribution in [3.63, 3.8) is 0 Å². The predicted octanol–water partition coefficient (Wildman–Crippen LogP) is 22.5. The highest BCUT2D eigenvalue weighted by Gasteiger charge is 2.30. The van der Waals surface area contributed by atoms with E-state index in [-0.39, 0.29) is 25.7 Å². The molecule has 0 heterocycles. The minimum atomic E-state index is -4.96. The van der Waals surface area contributed by atoms with Crippen molar-refractivity contribution in [1.82, 2.24) is 0 Å². The quantitative estimate of drug-likeness (QED) is 0.0222. The third-order valence-corrected chi connectivity index (χ3v) is 20.0. The molecule has 0 radical (unpaired) electrons. The van der Waals surface area contributed by atoms with Gasteiger partial charge in [0.05, 0.1) is 26.4 Å². The van der Waals surface area contributed by atoms with Crippen molar-refractivity contribution in [3.8, 4) is 0 Å². The molecule has 0 aromatic heterocycles. The van der Waals surface area contributed by atoms with E-state index in [1.165, 1.54) is 225 Å². The minimum Gasteiger partial charge on any atom is -0.462 e. The Morgan fingerprint density at radius 1 is 0.295 bits per heavy atom.